The largest absolute Gasteiger partial charge is 0.444 e. The highest BCUT2D eigenvalue weighted by Crippen LogP contribution is 2.17. The van der Waals surface area contributed by atoms with E-state index in [1.165, 1.54) is 0 Å². The Hall–Kier alpha value is -1.95. The number of rotatable bonds is 4. The van der Waals surface area contributed by atoms with Crippen LogP contribution in [0.25, 0.3) is 0 Å². The molecule has 31 heavy (non-hydrogen) atoms. The lowest BCUT2D eigenvalue weighted by Crippen LogP contribution is -2.63. The highest BCUT2D eigenvalue weighted by Gasteiger charge is 2.38. The van der Waals surface area contributed by atoms with Gasteiger partial charge in [0.05, 0.1) is 45.7 Å². The van der Waals surface area contributed by atoms with Crippen molar-refractivity contribution in [2.45, 2.75) is 44.6 Å². The van der Waals surface area contributed by atoms with Gasteiger partial charge in [0, 0.05) is 26.2 Å². The van der Waals surface area contributed by atoms with Gasteiger partial charge in [0.2, 0.25) is 0 Å². The number of piperazine rings is 1. The van der Waals surface area contributed by atoms with Crippen LogP contribution in [0.5, 0.6) is 0 Å². The summed E-state index contributed by atoms with van der Waals surface area (Å²) in [4.78, 5) is 41.3. The molecule has 11 nitrogen and oxygen atoms in total. The molecule has 3 aliphatic rings. The highest BCUT2D eigenvalue weighted by atomic mass is 16.6. The smallest absolute Gasteiger partial charge is 0.410 e. The van der Waals surface area contributed by atoms with E-state index in [2.05, 4.69) is 5.32 Å². The molecule has 176 valence electrons. The molecule has 0 radical (unpaired) electrons. The molecule has 0 aromatic rings. The van der Waals surface area contributed by atoms with E-state index in [9.17, 15) is 14.4 Å². The summed E-state index contributed by atoms with van der Waals surface area (Å²) in [5, 5.41) is 2.83. The van der Waals surface area contributed by atoms with E-state index >= 15 is 0 Å². The molecular formula is C20H33N3O8. The topological polar surface area (TPSA) is 116 Å². The van der Waals surface area contributed by atoms with E-state index in [1.807, 2.05) is 0 Å². The van der Waals surface area contributed by atoms with Gasteiger partial charge in [-0.2, -0.15) is 0 Å². The van der Waals surface area contributed by atoms with E-state index in [0.717, 1.165) is 0 Å². The molecule has 3 saturated heterocycles. The van der Waals surface area contributed by atoms with Gasteiger partial charge < -0.3 is 38.8 Å². The van der Waals surface area contributed by atoms with Crippen LogP contribution < -0.4 is 5.32 Å². The Bertz CT molecular complexity index is 641. The van der Waals surface area contributed by atoms with Gasteiger partial charge in [-0.25, -0.2) is 4.79 Å². The average Bonchev–Trinajstić information content (AvgIpc) is 2.77. The zero-order chi connectivity index (χ0) is 22.4. The molecule has 3 rings (SSSR count). The molecule has 3 aliphatic heterocycles. The Morgan fingerprint density at radius 3 is 2.19 bits per heavy atom. The van der Waals surface area contributed by atoms with Crippen LogP contribution in [-0.4, -0.2) is 117 Å². The Labute approximate surface area is 182 Å². The average molecular weight is 443 g/mol. The second-order valence-corrected chi connectivity index (χ2v) is 8.73. The Morgan fingerprint density at radius 2 is 1.61 bits per heavy atom. The fourth-order valence-corrected chi connectivity index (χ4v) is 3.60. The van der Waals surface area contributed by atoms with Gasteiger partial charge in [-0.3, -0.25) is 9.59 Å². The van der Waals surface area contributed by atoms with Gasteiger partial charge in [0.25, 0.3) is 11.8 Å². The third-order valence-corrected chi connectivity index (χ3v) is 5.13. The SMILES string of the molecule is CC(C)(C)OC(=O)N1CCN(C(=O)C2COCCO2)C(CNC(=O)C2COCCO2)C1. The van der Waals surface area contributed by atoms with Crippen molar-refractivity contribution < 1.29 is 38.1 Å². The van der Waals surface area contributed by atoms with Gasteiger partial charge in [-0.05, 0) is 20.8 Å². The zero-order valence-electron chi connectivity index (χ0n) is 18.5. The predicted octanol–water partition coefficient (Wildman–Crippen LogP) is -0.619. The minimum Gasteiger partial charge on any atom is -0.444 e. The van der Waals surface area contributed by atoms with Crippen LogP contribution in [0.3, 0.4) is 0 Å². The Kier molecular flexibility index (Phi) is 8.09. The van der Waals surface area contributed by atoms with Gasteiger partial charge >= 0.3 is 6.09 Å². The van der Waals surface area contributed by atoms with Crippen LogP contribution in [0.4, 0.5) is 4.79 Å². The molecule has 0 spiro atoms. The maximum absolute atomic E-state index is 13.0. The first-order valence-electron chi connectivity index (χ1n) is 10.7. The number of amides is 3. The van der Waals surface area contributed by atoms with Crippen molar-refractivity contribution in [1.82, 2.24) is 15.1 Å². The van der Waals surface area contributed by atoms with Crippen molar-refractivity contribution >= 4 is 17.9 Å². The summed E-state index contributed by atoms with van der Waals surface area (Å²) < 4.78 is 27.1. The van der Waals surface area contributed by atoms with Crippen molar-refractivity contribution in [3.63, 3.8) is 0 Å². The fraction of sp³-hybridized carbons (Fsp3) is 0.850. The van der Waals surface area contributed by atoms with Crippen molar-refractivity contribution in [2.75, 3.05) is 65.8 Å². The first kappa shape index (κ1) is 23.7. The van der Waals surface area contributed by atoms with Crippen LogP contribution in [0.15, 0.2) is 0 Å². The van der Waals surface area contributed by atoms with E-state index in [1.54, 1.807) is 30.6 Å². The van der Waals surface area contributed by atoms with Crippen LogP contribution in [0.2, 0.25) is 0 Å². The maximum Gasteiger partial charge on any atom is 0.410 e. The first-order chi connectivity index (χ1) is 14.7. The van der Waals surface area contributed by atoms with Gasteiger partial charge in [0.1, 0.15) is 5.60 Å². The normalized spacial score (nSPS) is 27.5. The fourth-order valence-electron chi connectivity index (χ4n) is 3.60. The molecule has 0 aliphatic carbocycles. The van der Waals surface area contributed by atoms with Crippen LogP contribution in [0.1, 0.15) is 20.8 Å². The van der Waals surface area contributed by atoms with Gasteiger partial charge in [-0.15, -0.1) is 0 Å². The van der Waals surface area contributed by atoms with Gasteiger partial charge in [-0.1, -0.05) is 0 Å². The molecule has 11 heteroatoms. The summed E-state index contributed by atoms with van der Waals surface area (Å²) in [5.41, 5.74) is -0.626. The summed E-state index contributed by atoms with van der Waals surface area (Å²) in [6.07, 6.45) is -1.81. The third-order valence-electron chi connectivity index (χ3n) is 5.13. The van der Waals surface area contributed by atoms with Crippen LogP contribution in [0, 0.1) is 0 Å². The summed E-state index contributed by atoms with van der Waals surface area (Å²) in [5.74, 6) is -0.515. The number of hydrogen-bond acceptors (Lipinski definition) is 8. The van der Waals surface area contributed by atoms with Crippen molar-refractivity contribution in [2.24, 2.45) is 0 Å². The summed E-state index contributed by atoms with van der Waals surface area (Å²) in [6, 6.07) is -0.437. The lowest BCUT2D eigenvalue weighted by atomic mass is 10.1. The second-order valence-electron chi connectivity index (χ2n) is 8.73. The number of carbonyl (C=O) groups is 3. The molecule has 3 fully saturated rings. The molecule has 0 aromatic heterocycles. The number of nitrogens with one attached hydrogen (secondary N) is 1. The molecule has 0 saturated carbocycles. The summed E-state index contributed by atoms with van der Waals surface area (Å²) in [6.45, 7) is 8.45. The minimum atomic E-state index is -0.685. The maximum atomic E-state index is 13.0. The molecule has 3 atom stereocenters. The van der Waals surface area contributed by atoms with Crippen LogP contribution in [-0.2, 0) is 33.3 Å². The molecule has 1 N–H and O–H groups in total. The molecule has 3 amide bonds. The van der Waals surface area contributed by atoms with E-state index in [0.29, 0.717) is 39.5 Å². The number of carbonyl (C=O) groups excluding carboxylic acids is 3. The van der Waals surface area contributed by atoms with E-state index in [4.69, 9.17) is 23.7 Å². The number of hydrogen-bond donors (Lipinski definition) is 1. The highest BCUT2D eigenvalue weighted by molar-refractivity contribution is 5.83. The second kappa shape index (κ2) is 10.6. The number of nitrogens with zero attached hydrogens (tertiary/aromatic N) is 2. The zero-order valence-corrected chi connectivity index (χ0v) is 18.5. The summed E-state index contributed by atoms with van der Waals surface area (Å²) >= 11 is 0. The van der Waals surface area contributed by atoms with Crippen molar-refractivity contribution in [3.8, 4) is 0 Å². The number of ether oxygens (including phenoxy) is 5. The molecule has 0 bridgehead atoms. The van der Waals surface area contributed by atoms with Crippen LogP contribution >= 0.6 is 0 Å². The van der Waals surface area contributed by atoms with E-state index < -0.39 is 29.9 Å². The Balaban J connectivity index is 1.64. The lowest BCUT2D eigenvalue weighted by Gasteiger charge is -2.43. The first-order valence-corrected chi connectivity index (χ1v) is 10.7. The third kappa shape index (κ3) is 6.76. The molecule has 3 unspecified atom stereocenters. The molecular weight excluding hydrogens is 410 g/mol. The molecule has 0 aromatic carbocycles. The quantitative estimate of drug-likeness (QED) is 0.611. The summed E-state index contributed by atoms with van der Waals surface area (Å²) in [7, 11) is 0. The van der Waals surface area contributed by atoms with Crippen molar-refractivity contribution in [3.05, 3.63) is 0 Å². The van der Waals surface area contributed by atoms with Gasteiger partial charge in [0.15, 0.2) is 12.2 Å². The monoisotopic (exact) mass is 443 g/mol. The van der Waals surface area contributed by atoms with Crippen molar-refractivity contribution in [1.29, 1.82) is 0 Å². The Morgan fingerprint density at radius 1 is 0.968 bits per heavy atom. The standard InChI is InChI=1S/C20H33N3O8/c1-20(2,3)31-19(26)22-4-5-23(18(25)16-13-28-7-9-30-16)14(11-22)10-21-17(24)15-12-27-6-8-29-15/h14-16H,4-13H2,1-3H3,(H,21,24). The lowest BCUT2D eigenvalue weighted by molar-refractivity contribution is -0.163. The predicted molar refractivity (Wildman–Crippen MR) is 107 cm³/mol. The molecule has 3 heterocycles. The minimum absolute atomic E-state index is 0.164. The van der Waals surface area contributed by atoms with E-state index in [-0.39, 0.29) is 38.1 Å².